The molecule has 1 saturated heterocycles. The van der Waals surface area contributed by atoms with Gasteiger partial charge in [-0.2, -0.15) is 0 Å². The van der Waals surface area contributed by atoms with Gasteiger partial charge in [-0.05, 0) is 25.7 Å². The third-order valence-corrected chi connectivity index (χ3v) is 3.04. The minimum atomic E-state index is -0.761. The van der Waals surface area contributed by atoms with E-state index in [9.17, 15) is 4.79 Å². The monoisotopic (exact) mass is 200 g/mol. The first kappa shape index (κ1) is 9.93. The summed E-state index contributed by atoms with van der Waals surface area (Å²) in [6.07, 6.45) is 4.02. The van der Waals surface area contributed by atoms with Crippen molar-refractivity contribution in [2.45, 2.75) is 43.8 Å². The van der Waals surface area contributed by atoms with Crippen LogP contribution in [0.1, 0.15) is 32.1 Å². The van der Waals surface area contributed by atoms with Crippen LogP contribution in [-0.2, 0) is 14.3 Å². The SMILES string of the molecule is O=C(O)CC1(OC2CCOC2)CCC1. The van der Waals surface area contributed by atoms with Gasteiger partial charge in [0.2, 0.25) is 0 Å². The Kier molecular flexibility index (Phi) is 2.74. The molecule has 0 radical (unpaired) electrons. The number of carbonyl (C=O) groups is 1. The molecule has 2 aliphatic rings. The van der Waals surface area contributed by atoms with E-state index < -0.39 is 5.97 Å². The first-order valence-electron chi connectivity index (χ1n) is 5.18. The summed E-state index contributed by atoms with van der Waals surface area (Å²) in [4.78, 5) is 10.7. The first-order valence-corrected chi connectivity index (χ1v) is 5.18. The van der Waals surface area contributed by atoms with E-state index in [2.05, 4.69) is 0 Å². The van der Waals surface area contributed by atoms with Crippen molar-refractivity contribution in [3.05, 3.63) is 0 Å². The number of ether oxygens (including phenoxy) is 2. The summed E-state index contributed by atoms with van der Waals surface area (Å²) in [6.45, 7) is 1.37. The van der Waals surface area contributed by atoms with Crippen molar-refractivity contribution in [2.24, 2.45) is 0 Å². The lowest BCUT2D eigenvalue weighted by molar-refractivity contribution is -0.166. The summed E-state index contributed by atoms with van der Waals surface area (Å²) >= 11 is 0. The Labute approximate surface area is 83.2 Å². The average molecular weight is 200 g/mol. The van der Waals surface area contributed by atoms with E-state index in [1.54, 1.807) is 0 Å². The molecule has 0 amide bonds. The minimum absolute atomic E-state index is 0.120. The maximum absolute atomic E-state index is 10.7. The van der Waals surface area contributed by atoms with Crippen LogP contribution in [0.2, 0.25) is 0 Å². The van der Waals surface area contributed by atoms with E-state index in [1.165, 1.54) is 0 Å². The van der Waals surface area contributed by atoms with Gasteiger partial charge in [0.25, 0.3) is 0 Å². The number of hydrogen-bond donors (Lipinski definition) is 1. The Hall–Kier alpha value is -0.610. The predicted octanol–water partition coefficient (Wildman–Crippen LogP) is 1.19. The van der Waals surface area contributed by atoms with Gasteiger partial charge in [-0.25, -0.2) is 0 Å². The second-order valence-corrected chi connectivity index (χ2v) is 4.21. The highest BCUT2D eigenvalue weighted by molar-refractivity contribution is 5.68. The Morgan fingerprint density at radius 3 is 2.79 bits per heavy atom. The van der Waals surface area contributed by atoms with Crippen LogP contribution in [0.15, 0.2) is 0 Å². The van der Waals surface area contributed by atoms with Crippen molar-refractivity contribution in [3.63, 3.8) is 0 Å². The van der Waals surface area contributed by atoms with Gasteiger partial charge in [-0.1, -0.05) is 0 Å². The molecular formula is C10H16O4. The lowest BCUT2D eigenvalue weighted by Gasteiger charge is -2.42. The molecule has 1 atom stereocenters. The van der Waals surface area contributed by atoms with Gasteiger partial charge in [0.1, 0.15) is 0 Å². The zero-order valence-corrected chi connectivity index (χ0v) is 8.20. The van der Waals surface area contributed by atoms with Gasteiger partial charge < -0.3 is 14.6 Å². The molecule has 1 aliphatic carbocycles. The number of carboxylic acids is 1. The molecule has 0 aromatic rings. The fraction of sp³-hybridized carbons (Fsp3) is 0.900. The molecule has 4 heteroatoms. The van der Waals surface area contributed by atoms with Gasteiger partial charge in [0.05, 0.1) is 24.7 Å². The van der Waals surface area contributed by atoms with Crippen LogP contribution in [0.4, 0.5) is 0 Å². The number of hydrogen-bond acceptors (Lipinski definition) is 3. The molecule has 1 aliphatic heterocycles. The quantitative estimate of drug-likeness (QED) is 0.740. The molecule has 0 aromatic carbocycles. The second kappa shape index (κ2) is 3.87. The van der Waals surface area contributed by atoms with E-state index in [-0.39, 0.29) is 18.1 Å². The second-order valence-electron chi connectivity index (χ2n) is 4.21. The maximum Gasteiger partial charge on any atom is 0.306 e. The molecule has 1 N–H and O–H groups in total. The molecule has 0 spiro atoms. The Morgan fingerprint density at radius 1 is 1.57 bits per heavy atom. The van der Waals surface area contributed by atoms with E-state index in [0.29, 0.717) is 6.61 Å². The molecular weight excluding hydrogens is 184 g/mol. The van der Waals surface area contributed by atoms with Crippen molar-refractivity contribution >= 4 is 5.97 Å². The van der Waals surface area contributed by atoms with Crippen LogP contribution in [0.3, 0.4) is 0 Å². The van der Waals surface area contributed by atoms with Gasteiger partial charge in [-0.15, -0.1) is 0 Å². The molecule has 1 unspecified atom stereocenters. The number of aliphatic carboxylic acids is 1. The van der Waals surface area contributed by atoms with Crippen LogP contribution < -0.4 is 0 Å². The molecule has 14 heavy (non-hydrogen) atoms. The summed E-state index contributed by atoms with van der Waals surface area (Å²) < 4.78 is 11.0. The zero-order valence-electron chi connectivity index (χ0n) is 8.20. The minimum Gasteiger partial charge on any atom is -0.481 e. The Balaban J connectivity index is 1.87. The first-order chi connectivity index (χ1) is 6.70. The molecule has 0 aromatic heterocycles. The average Bonchev–Trinajstić information content (AvgIpc) is 2.51. The fourth-order valence-electron chi connectivity index (χ4n) is 2.14. The third-order valence-electron chi connectivity index (χ3n) is 3.04. The van der Waals surface area contributed by atoms with Crippen LogP contribution in [0, 0.1) is 0 Å². The van der Waals surface area contributed by atoms with Crippen molar-refractivity contribution in [1.82, 2.24) is 0 Å². The van der Waals surface area contributed by atoms with E-state index in [4.69, 9.17) is 14.6 Å². The third kappa shape index (κ3) is 2.07. The zero-order chi connectivity index (χ0) is 10.0. The molecule has 1 heterocycles. The summed E-state index contributed by atoms with van der Waals surface area (Å²) in [7, 11) is 0. The van der Waals surface area contributed by atoms with Crippen LogP contribution in [-0.4, -0.2) is 36.0 Å². The molecule has 4 nitrogen and oxygen atoms in total. The highest BCUT2D eigenvalue weighted by Crippen LogP contribution is 2.40. The van der Waals surface area contributed by atoms with Crippen molar-refractivity contribution in [3.8, 4) is 0 Å². The van der Waals surface area contributed by atoms with Crippen LogP contribution in [0.25, 0.3) is 0 Å². The van der Waals surface area contributed by atoms with E-state index in [0.717, 1.165) is 32.3 Å². The largest absolute Gasteiger partial charge is 0.481 e. The lowest BCUT2D eigenvalue weighted by atomic mass is 9.77. The Bertz CT molecular complexity index is 216. The smallest absolute Gasteiger partial charge is 0.306 e. The van der Waals surface area contributed by atoms with Gasteiger partial charge in [0, 0.05) is 6.61 Å². The van der Waals surface area contributed by atoms with Gasteiger partial charge >= 0.3 is 5.97 Å². The van der Waals surface area contributed by atoms with Crippen LogP contribution >= 0.6 is 0 Å². The molecule has 80 valence electrons. The highest BCUT2D eigenvalue weighted by atomic mass is 16.6. The predicted molar refractivity (Wildman–Crippen MR) is 49.1 cm³/mol. The maximum atomic E-state index is 10.7. The van der Waals surface area contributed by atoms with Crippen molar-refractivity contribution < 1.29 is 19.4 Å². The highest BCUT2D eigenvalue weighted by Gasteiger charge is 2.42. The molecule has 0 bridgehead atoms. The Morgan fingerprint density at radius 2 is 2.36 bits per heavy atom. The van der Waals surface area contributed by atoms with E-state index >= 15 is 0 Å². The summed E-state index contributed by atoms with van der Waals surface area (Å²) in [6, 6.07) is 0. The van der Waals surface area contributed by atoms with Crippen molar-refractivity contribution in [1.29, 1.82) is 0 Å². The lowest BCUT2D eigenvalue weighted by Crippen LogP contribution is -2.45. The van der Waals surface area contributed by atoms with Crippen molar-refractivity contribution in [2.75, 3.05) is 13.2 Å². The summed E-state index contributed by atoms with van der Waals surface area (Å²) in [5, 5.41) is 8.78. The fourth-order valence-corrected chi connectivity index (χ4v) is 2.14. The topological polar surface area (TPSA) is 55.8 Å². The molecule has 2 fully saturated rings. The normalized spacial score (nSPS) is 29.9. The standard InChI is InChI=1S/C10H16O4/c11-9(12)6-10(3-1-4-10)14-8-2-5-13-7-8/h8H,1-7H2,(H,11,12). The van der Waals surface area contributed by atoms with E-state index in [1.807, 2.05) is 0 Å². The molecule has 2 rings (SSSR count). The summed E-state index contributed by atoms with van der Waals surface area (Å²) in [5.41, 5.74) is -0.371. The summed E-state index contributed by atoms with van der Waals surface area (Å²) in [5.74, 6) is -0.761. The number of rotatable bonds is 4. The van der Waals surface area contributed by atoms with Gasteiger partial charge in [0.15, 0.2) is 0 Å². The van der Waals surface area contributed by atoms with Gasteiger partial charge in [-0.3, -0.25) is 4.79 Å². The van der Waals surface area contributed by atoms with Crippen LogP contribution in [0.5, 0.6) is 0 Å². The molecule has 1 saturated carbocycles. The number of carboxylic acid groups (broad SMARTS) is 1.